The predicted octanol–water partition coefficient (Wildman–Crippen LogP) is 0.514. The van der Waals surface area contributed by atoms with E-state index in [-0.39, 0.29) is 29.9 Å². The summed E-state index contributed by atoms with van der Waals surface area (Å²) in [4.78, 5) is 39.0. The van der Waals surface area contributed by atoms with Gasteiger partial charge in [0.05, 0.1) is 12.5 Å². The van der Waals surface area contributed by atoms with Gasteiger partial charge < -0.3 is 5.32 Å². The second-order valence-corrected chi connectivity index (χ2v) is 5.37. The molecule has 0 unspecified atom stereocenters. The fraction of sp³-hybridized carbons (Fsp3) is 0.333. The van der Waals surface area contributed by atoms with Gasteiger partial charge in [0, 0.05) is 24.0 Å². The van der Waals surface area contributed by atoms with Crippen LogP contribution in [0.5, 0.6) is 0 Å². The number of hydrogen-bond donors (Lipinski definition) is 3. The van der Waals surface area contributed by atoms with Gasteiger partial charge in [-0.05, 0) is 17.5 Å². The molecule has 0 fully saturated rings. The highest BCUT2D eigenvalue weighted by Crippen LogP contribution is 2.20. The summed E-state index contributed by atoms with van der Waals surface area (Å²) in [7, 11) is 0. The number of carbonyl (C=O) groups is 1. The number of carbonyl (C=O) groups excluding carboxylic acids is 1. The van der Waals surface area contributed by atoms with E-state index in [1.54, 1.807) is 18.5 Å². The minimum Gasteiger partial charge on any atom is -0.349 e. The molecule has 2 heterocycles. The minimum atomic E-state index is -0.475. The third-order valence-electron chi connectivity index (χ3n) is 3.27. The van der Waals surface area contributed by atoms with E-state index in [0.717, 1.165) is 11.6 Å². The summed E-state index contributed by atoms with van der Waals surface area (Å²) in [5, 5.41) is 7.25. The summed E-state index contributed by atoms with van der Waals surface area (Å²) < 4.78 is 0. The molecule has 0 aliphatic carbocycles. The molecule has 0 bridgehead atoms. The highest BCUT2D eigenvalue weighted by Gasteiger charge is 2.19. The molecule has 2 aromatic rings. The van der Waals surface area contributed by atoms with Gasteiger partial charge in [0.1, 0.15) is 0 Å². The van der Waals surface area contributed by atoms with Crippen molar-refractivity contribution in [1.29, 1.82) is 0 Å². The van der Waals surface area contributed by atoms with Gasteiger partial charge in [-0.25, -0.2) is 0 Å². The second-order valence-electron chi connectivity index (χ2n) is 5.37. The van der Waals surface area contributed by atoms with E-state index in [2.05, 4.69) is 20.5 Å². The fourth-order valence-corrected chi connectivity index (χ4v) is 2.18. The molecule has 0 spiro atoms. The van der Waals surface area contributed by atoms with E-state index in [1.807, 2.05) is 19.9 Å². The normalized spacial score (nSPS) is 12.1. The van der Waals surface area contributed by atoms with Gasteiger partial charge in [0.2, 0.25) is 5.91 Å². The van der Waals surface area contributed by atoms with E-state index < -0.39 is 11.1 Å². The van der Waals surface area contributed by atoms with Crippen molar-refractivity contribution in [3.8, 4) is 0 Å². The van der Waals surface area contributed by atoms with Gasteiger partial charge in [0.15, 0.2) is 0 Å². The van der Waals surface area contributed by atoms with Crippen molar-refractivity contribution in [2.75, 3.05) is 0 Å². The van der Waals surface area contributed by atoms with Crippen LogP contribution in [0.4, 0.5) is 0 Å². The maximum atomic E-state index is 12.2. The standard InChI is InChI=1S/C15H18N4O3/c1-9(2)14(10-4-3-5-16-8-10)17-12(20)6-11-7-13(21)18-19-15(11)22/h3-5,7-9,14H,6H2,1-2H3,(H,17,20)(H,18,21)(H,19,22)/t14-/m0/s1. The van der Waals surface area contributed by atoms with Crippen LogP contribution in [-0.4, -0.2) is 21.1 Å². The Hall–Kier alpha value is -2.70. The number of aromatic nitrogens is 3. The summed E-state index contributed by atoms with van der Waals surface area (Å²) in [5.41, 5.74) is 0.105. The lowest BCUT2D eigenvalue weighted by Gasteiger charge is -2.22. The molecule has 0 aromatic carbocycles. The smallest absolute Gasteiger partial charge is 0.266 e. The molecule has 2 rings (SSSR count). The van der Waals surface area contributed by atoms with Crippen molar-refractivity contribution in [2.45, 2.75) is 26.3 Å². The van der Waals surface area contributed by atoms with E-state index in [1.165, 1.54) is 0 Å². The number of pyridine rings is 1. The van der Waals surface area contributed by atoms with Gasteiger partial charge in [0.25, 0.3) is 11.1 Å². The Morgan fingerprint density at radius 1 is 1.32 bits per heavy atom. The van der Waals surface area contributed by atoms with Crippen LogP contribution in [0.3, 0.4) is 0 Å². The van der Waals surface area contributed by atoms with Crippen LogP contribution in [0, 0.1) is 5.92 Å². The minimum absolute atomic E-state index is 0.134. The van der Waals surface area contributed by atoms with Crippen molar-refractivity contribution in [3.05, 3.63) is 62.4 Å². The SMILES string of the molecule is CC(C)[C@H](NC(=O)Cc1cc(=O)[nH][nH]c1=O)c1cccnc1. The number of nitrogens with one attached hydrogen (secondary N) is 3. The fourth-order valence-electron chi connectivity index (χ4n) is 2.18. The van der Waals surface area contributed by atoms with Crippen LogP contribution >= 0.6 is 0 Å². The zero-order valence-corrected chi connectivity index (χ0v) is 12.4. The van der Waals surface area contributed by atoms with Gasteiger partial charge in [-0.15, -0.1) is 0 Å². The molecule has 1 amide bonds. The second kappa shape index (κ2) is 6.84. The first-order valence-electron chi connectivity index (χ1n) is 6.97. The summed E-state index contributed by atoms with van der Waals surface area (Å²) in [5.74, 6) is -0.163. The Morgan fingerprint density at radius 3 is 2.73 bits per heavy atom. The van der Waals surface area contributed by atoms with Crippen LogP contribution in [-0.2, 0) is 11.2 Å². The molecule has 3 N–H and O–H groups in total. The summed E-state index contributed by atoms with van der Waals surface area (Å²) in [6, 6.07) is 4.62. The maximum Gasteiger partial charge on any atom is 0.266 e. The molecule has 7 heteroatoms. The molecule has 0 aliphatic heterocycles. The topological polar surface area (TPSA) is 108 Å². The Kier molecular flexibility index (Phi) is 4.88. The monoisotopic (exact) mass is 302 g/mol. The average molecular weight is 302 g/mol. The molecule has 0 saturated carbocycles. The lowest BCUT2D eigenvalue weighted by molar-refractivity contribution is -0.121. The van der Waals surface area contributed by atoms with Crippen molar-refractivity contribution < 1.29 is 4.79 Å². The number of aromatic amines is 2. The van der Waals surface area contributed by atoms with Crippen molar-refractivity contribution in [1.82, 2.24) is 20.5 Å². The number of H-pyrrole nitrogens is 2. The van der Waals surface area contributed by atoms with E-state index in [4.69, 9.17) is 0 Å². The Bertz CT molecular complexity index is 749. The Balaban J connectivity index is 2.14. The molecular formula is C15H18N4O3. The van der Waals surface area contributed by atoms with Crippen LogP contribution in [0.2, 0.25) is 0 Å². The van der Waals surface area contributed by atoms with Crippen LogP contribution in [0.1, 0.15) is 31.0 Å². The van der Waals surface area contributed by atoms with Crippen LogP contribution in [0.15, 0.2) is 40.2 Å². The lowest BCUT2D eigenvalue weighted by atomic mass is 9.97. The van der Waals surface area contributed by atoms with Gasteiger partial charge in [-0.3, -0.25) is 29.6 Å². The lowest BCUT2D eigenvalue weighted by Crippen LogP contribution is -2.35. The highest BCUT2D eigenvalue weighted by molar-refractivity contribution is 5.78. The molecule has 0 radical (unpaired) electrons. The average Bonchev–Trinajstić information content (AvgIpc) is 2.49. The number of amides is 1. The Morgan fingerprint density at radius 2 is 2.09 bits per heavy atom. The van der Waals surface area contributed by atoms with Crippen molar-refractivity contribution >= 4 is 5.91 Å². The van der Waals surface area contributed by atoms with Crippen molar-refractivity contribution in [3.63, 3.8) is 0 Å². The first kappa shape index (κ1) is 15.7. The first-order chi connectivity index (χ1) is 10.5. The third kappa shape index (κ3) is 3.91. The maximum absolute atomic E-state index is 12.2. The quantitative estimate of drug-likeness (QED) is 0.748. The number of hydrogen-bond acceptors (Lipinski definition) is 4. The first-order valence-corrected chi connectivity index (χ1v) is 6.97. The molecule has 0 saturated heterocycles. The molecule has 1 atom stereocenters. The molecule has 0 aliphatic rings. The van der Waals surface area contributed by atoms with Crippen molar-refractivity contribution in [2.24, 2.45) is 5.92 Å². The Labute approximate surface area is 126 Å². The predicted molar refractivity (Wildman–Crippen MR) is 81.3 cm³/mol. The molecule has 22 heavy (non-hydrogen) atoms. The molecule has 116 valence electrons. The summed E-state index contributed by atoms with van der Waals surface area (Å²) in [6.07, 6.45) is 3.21. The number of nitrogens with zero attached hydrogens (tertiary/aromatic N) is 1. The molecule has 7 nitrogen and oxygen atoms in total. The summed E-state index contributed by atoms with van der Waals surface area (Å²) in [6.45, 7) is 3.97. The largest absolute Gasteiger partial charge is 0.349 e. The van der Waals surface area contributed by atoms with Crippen LogP contribution < -0.4 is 16.4 Å². The molecule has 2 aromatic heterocycles. The van der Waals surface area contributed by atoms with Gasteiger partial charge >= 0.3 is 0 Å². The van der Waals surface area contributed by atoms with Gasteiger partial charge in [-0.2, -0.15) is 0 Å². The molecular weight excluding hydrogens is 284 g/mol. The van der Waals surface area contributed by atoms with Crippen LogP contribution in [0.25, 0.3) is 0 Å². The van der Waals surface area contributed by atoms with Gasteiger partial charge in [-0.1, -0.05) is 19.9 Å². The summed E-state index contributed by atoms with van der Waals surface area (Å²) >= 11 is 0. The zero-order chi connectivity index (χ0) is 16.1. The van der Waals surface area contributed by atoms with E-state index >= 15 is 0 Å². The number of rotatable bonds is 5. The third-order valence-corrected chi connectivity index (χ3v) is 3.27. The van der Waals surface area contributed by atoms with E-state index in [9.17, 15) is 14.4 Å². The zero-order valence-electron chi connectivity index (χ0n) is 12.4. The highest BCUT2D eigenvalue weighted by atomic mass is 16.2. The van der Waals surface area contributed by atoms with E-state index in [0.29, 0.717) is 0 Å².